The predicted octanol–water partition coefficient (Wildman–Crippen LogP) is 24.1. The van der Waals surface area contributed by atoms with Crippen LogP contribution in [0.25, 0.3) is 0 Å². The maximum atomic E-state index is 12.9. The Bertz CT molecular complexity index is 1470. The van der Waals surface area contributed by atoms with E-state index < -0.39 is 6.10 Å². The molecule has 0 bridgehead atoms. The second-order valence-corrected chi connectivity index (χ2v) is 23.4. The Balaban J connectivity index is 4.22. The van der Waals surface area contributed by atoms with Gasteiger partial charge in [0.1, 0.15) is 13.2 Å². The largest absolute Gasteiger partial charge is 0.462 e. The maximum Gasteiger partial charge on any atom is 0.306 e. The van der Waals surface area contributed by atoms with Gasteiger partial charge in [0, 0.05) is 19.3 Å². The average Bonchev–Trinajstić information content (AvgIpc) is 3.46. The zero-order chi connectivity index (χ0) is 57.8. The van der Waals surface area contributed by atoms with Gasteiger partial charge in [-0.15, -0.1) is 0 Å². The quantitative estimate of drug-likeness (QED) is 0.0261. The molecule has 0 aliphatic rings. The Hall–Kier alpha value is -3.15. The SMILES string of the molecule is CC/C=C\C/C=C\C/C=C\C/C=C\C/C=C\C/C=C\CCCCCCCCCCCCCCC(=O)OCC(COC(=O)CCCCCCCCCCCCCCCC)OC(=O)CCCCCCCCCCCCCCCCCCC. The smallest absolute Gasteiger partial charge is 0.306 e. The van der Waals surface area contributed by atoms with Crippen LogP contribution in [-0.4, -0.2) is 37.2 Å². The van der Waals surface area contributed by atoms with Crippen molar-refractivity contribution in [2.45, 2.75) is 367 Å². The first-order valence-corrected chi connectivity index (χ1v) is 34.9. The molecule has 0 saturated carbocycles. The maximum absolute atomic E-state index is 12.9. The van der Waals surface area contributed by atoms with Gasteiger partial charge in [-0.3, -0.25) is 14.4 Å². The van der Waals surface area contributed by atoms with Gasteiger partial charge in [-0.25, -0.2) is 0 Å². The molecular weight excluding hydrogens is 985 g/mol. The highest BCUT2D eigenvalue weighted by Crippen LogP contribution is 2.18. The molecule has 80 heavy (non-hydrogen) atoms. The number of rotatable bonds is 64. The summed E-state index contributed by atoms with van der Waals surface area (Å²) in [6.45, 7) is 6.58. The van der Waals surface area contributed by atoms with Gasteiger partial charge < -0.3 is 14.2 Å². The summed E-state index contributed by atoms with van der Waals surface area (Å²) in [6, 6.07) is 0. The van der Waals surface area contributed by atoms with Crippen molar-refractivity contribution in [1.82, 2.24) is 0 Å². The van der Waals surface area contributed by atoms with E-state index in [1.165, 1.54) is 225 Å². The van der Waals surface area contributed by atoms with Gasteiger partial charge in [0.25, 0.3) is 0 Å². The Morgan fingerprint density at radius 3 is 0.762 bits per heavy atom. The van der Waals surface area contributed by atoms with E-state index in [-0.39, 0.29) is 31.1 Å². The molecule has 0 saturated heterocycles. The van der Waals surface area contributed by atoms with E-state index in [4.69, 9.17) is 14.2 Å². The van der Waals surface area contributed by atoms with Crippen LogP contribution in [0, 0.1) is 0 Å². The van der Waals surface area contributed by atoms with Crippen LogP contribution >= 0.6 is 0 Å². The number of esters is 3. The fourth-order valence-corrected chi connectivity index (χ4v) is 10.3. The van der Waals surface area contributed by atoms with E-state index in [1.807, 2.05) is 0 Å². The predicted molar refractivity (Wildman–Crippen MR) is 348 cm³/mol. The third-order valence-electron chi connectivity index (χ3n) is 15.5. The third-order valence-corrected chi connectivity index (χ3v) is 15.5. The molecule has 6 nitrogen and oxygen atoms in total. The van der Waals surface area contributed by atoms with Gasteiger partial charge >= 0.3 is 17.9 Å². The third kappa shape index (κ3) is 65.7. The zero-order valence-electron chi connectivity index (χ0n) is 53.3. The summed E-state index contributed by atoms with van der Waals surface area (Å²) in [6.07, 6.45) is 89.2. The van der Waals surface area contributed by atoms with Crippen LogP contribution in [0.5, 0.6) is 0 Å². The Morgan fingerprint density at radius 2 is 0.487 bits per heavy atom. The number of hydrogen-bond donors (Lipinski definition) is 0. The molecule has 464 valence electrons. The molecule has 0 radical (unpaired) electrons. The summed E-state index contributed by atoms with van der Waals surface area (Å²) in [7, 11) is 0. The molecular formula is C74H132O6. The lowest BCUT2D eigenvalue weighted by molar-refractivity contribution is -0.167. The Kier molecular flexibility index (Phi) is 65.7. The lowest BCUT2D eigenvalue weighted by atomic mass is 10.0. The van der Waals surface area contributed by atoms with Gasteiger partial charge in [-0.1, -0.05) is 344 Å². The first-order valence-electron chi connectivity index (χ1n) is 34.9. The summed E-state index contributed by atoms with van der Waals surface area (Å²) in [5.41, 5.74) is 0. The summed E-state index contributed by atoms with van der Waals surface area (Å²) in [5.74, 6) is -0.846. The number of allylic oxidation sites excluding steroid dienone is 12. The van der Waals surface area contributed by atoms with Gasteiger partial charge in [0.05, 0.1) is 0 Å². The summed E-state index contributed by atoms with van der Waals surface area (Å²) < 4.78 is 17.0. The van der Waals surface area contributed by atoms with E-state index in [1.54, 1.807) is 0 Å². The van der Waals surface area contributed by atoms with E-state index in [0.29, 0.717) is 19.3 Å². The average molecular weight is 1120 g/mol. The van der Waals surface area contributed by atoms with Gasteiger partial charge in [-0.2, -0.15) is 0 Å². The van der Waals surface area contributed by atoms with Crippen molar-refractivity contribution in [3.8, 4) is 0 Å². The molecule has 0 N–H and O–H groups in total. The van der Waals surface area contributed by atoms with Crippen LogP contribution in [0.1, 0.15) is 361 Å². The van der Waals surface area contributed by atoms with Crippen molar-refractivity contribution in [2.75, 3.05) is 13.2 Å². The summed E-state index contributed by atoms with van der Waals surface area (Å²) >= 11 is 0. The van der Waals surface area contributed by atoms with Crippen molar-refractivity contribution in [2.24, 2.45) is 0 Å². The molecule has 0 aliphatic carbocycles. The molecule has 0 aliphatic heterocycles. The van der Waals surface area contributed by atoms with E-state index in [0.717, 1.165) is 96.3 Å². The number of unbranched alkanes of at least 4 members (excludes halogenated alkanes) is 41. The van der Waals surface area contributed by atoms with Gasteiger partial charge in [0.2, 0.25) is 0 Å². The van der Waals surface area contributed by atoms with Crippen LogP contribution in [0.2, 0.25) is 0 Å². The highest BCUT2D eigenvalue weighted by molar-refractivity contribution is 5.71. The highest BCUT2D eigenvalue weighted by Gasteiger charge is 2.19. The summed E-state index contributed by atoms with van der Waals surface area (Å²) in [5, 5.41) is 0. The summed E-state index contributed by atoms with van der Waals surface area (Å²) in [4.78, 5) is 38.4. The first-order chi connectivity index (χ1) is 39.5. The minimum atomic E-state index is -0.772. The zero-order valence-corrected chi connectivity index (χ0v) is 53.3. The lowest BCUT2D eigenvalue weighted by Gasteiger charge is -2.18. The first kappa shape index (κ1) is 76.9. The molecule has 0 heterocycles. The van der Waals surface area contributed by atoms with Crippen LogP contribution in [-0.2, 0) is 28.6 Å². The number of hydrogen-bond acceptors (Lipinski definition) is 6. The fraction of sp³-hybridized carbons (Fsp3) is 0.797. The van der Waals surface area contributed by atoms with Gasteiger partial charge in [-0.05, 0) is 70.6 Å². The topological polar surface area (TPSA) is 78.9 Å². The number of carbonyl (C=O) groups excluding carboxylic acids is 3. The number of ether oxygens (including phenoxy) is 3. The van der Waals surface area contributed by atoms with Crippen molar-refractivity contribution >= 4 is 17.9 Å². The molecule has 0 spiro atoms. The minimum absolute atomic E-state index is 0.0689. The molecule has 1 atom stereocenters. The Morgan fingerprint density at radius 1 is 0.263 bits per heavy atom. The van der Waals surface area contributed by atoms with Crippen molar-refractivity contribution in [3.05, 3.63) is 72.9 Å². The van der Waals surface area contributed by atoms with Crippen molar-refractivity contribution in [1.29, 1.82) is 0 Å². The van der Waals surface area contributed by atoms with Crippen LogP contribution in [0.15, 0.2) is 72.9 Å². The normalized spacial score (nSPS) is 12.5. The fourth-order valence-electron chi connectivity index (χ4n) is 10.3. The van der Waals surface area contributed by atoms with Crippen LogP contribution in [0.4, 0.5) is 0 Å². The van der Waals surface area contributed by atoms with E-state index in [2.05, 4.69) is 93.7 Å². The molecule has 0 rings (SSSR count). The van der Waals surface area contributed by atoms with Crippen molar-refractivity contribution < 1.29 is 28.6 Å². The molecule has 0 aromatic rings. The minimum Gasteiger partial charge on any atom is -0.462 e. The Labute approximate surface area is 497 Å². The molecule has 0 amide bonds. The van der Waals surface area contributed by atoms with Crippen LogP contribution in [0.3, 0.4) is 0 Å². The number of carbonyl (C=O) groups is 3. The van der Waals surface area contributed by atoms with Gasteiger partial charge in [0.15, 0.2) is 6.10 Å². The van der Waals surface area contributed by atoms with E-state index >= 15 is 0 Å². The molecule has 6 heteroatoms. The molecule has 0 aromatic carbocycles. The van der Waals surface area contributed by atoms with Crippen molar-refractivity contribution in [3.63, 3.8) is 0 Å². The second-order valence-electron chi connectivity index (χ2n) is 23.4. The van der Waals surface area contributed by atoms with E-state index in [9.17, 15) is 14.4 Å². The second kappa shape index (κ2) is 68.3. The molecule has 0 fully saturated rings. The monoisotopic (exact) mass is 1120 g/mol. The molecule has 0 aromatic heterocycles. The molecule has 1 unspecified atom stereocenters. The highest BCUT2D eigenvalue weighted by atomic mass is 16.6. The van der Waals surface area contributed by atoms with Crippen LogP contribution < -0.4 is 0 Å². The lowest BCUT2D eigenvalue weighted by Crippen LogP contribution is -2.30. The standard InChI is InChI=1S/C74H132O6/c1-4-7-10-13-16-19-22-25-28-30-31-32-33-34-35-36-37-38-39-40-41-42-43-45-46-49-52-55-58-61-64-67-73(76)79-70-71(69-78-72(75)66-63-60-57-54-51-48-27-24-21-18-15-12-9-6-3)80-74(77)68-65-62-59-56-53-50-47-44-29-26-23-20-17-14-11-8-5-2/h7,10,16,19,25,28,31-32,34-35,37-38,71H,4-6,8-9,11-15,17-18,20-24,26-27,29-30,33,36,39-70H2,1-3H3/b10-7-,19-16-,28-25-,32-31-,35-34-,38-37-.